The van der Waals surface area contributed by atoms with Gasteiger partial charge in [-0.2, -0.15) is 0 Å². The number of phenolic OH excluding ortho intramolecular Hbond substituents is 1. The quantitative estimate of drug-likeness (QED) is 0.789. The summed E-state index contributed by atoms with van der Waals surface area (Å²) in [4.78, 5) is 16.7. The molecule has 2 heterocycles. The van der Waals surface area contributed by atoms with Gasteiger partial charge >= 0.3 is 6.09 Å². The summed E-state index contributed by atoms with van der Waals surface area (Å²) in [5, 5.41) is 10.1. The fourth-order valence-electron chi connectivity index (χ4n) is 5.43. The maximum atomic E-state index is 13.3. The van der Waals surface area contributed by atoms with Crippen LogP contribution in [0, 0.1) is 11.2 Å². The maximum Gasteiger partial charge on any atom is 0.410 e. The lowest BCUT2D eigenvalue weighted by Gasteiger charge is -2.48. The summed E-state index contributed by atoms with van der Waals surface area (Å²) in [7, 11) is 0. The smallest absolute Gasteiger partial charge is 0.410 e. The van der Waals surface area contributed by atoms with Crippen molar-refractivity contribution in [3.8, 4) is 5.75 Å². The lowest BCUT2D eigenvalue weighted by molar-refractivity contribution is -0.0347. The second kappa shape index (κ2) is 7.46. The van der Waals surface area contributed by atoms with Gasteiger partial charge in [0.25, 0.3) is 0 Å². The van der Waals surface area contributed by atoms with E-state index in [4.69, 9.17) is 4.74 Å². The van der Waals surface area contributed by atoms with Gasteiger partial charge < -0.3 is 19.6 Å². The molecule has 4 rings (SSSR count). The van der Waals surface area contributed by atoms with Crippen LogP contribution < -0.4 is 0 Å². The molecule has 2 aliphatic heterocycles. The van der Waals surface area contributed by atoms with Crippen molar-refractivity contribution < 1.29 is 19.0 Å². The molecule has 1 amide bonds. The Morgan fingerprint density at radius 2 is 1.90 bits per heavy atom. The molecule has 0 aromatic heterocycles. The Labute approximate surface area is 172 Å². The van der Waals surface area contributed by atoms with Gasteiger partial charge in [0.1, 0.15) is 17.2 Å². The monoisotopic (exact) mass is 404 g/mol. The zero-order valence-electron chi connectivity index (χ0n) is 17.8. The molecule has 1 aromatic rings. The molecule has 160 valence electrons. The molecule has 1 atom stereocenters. The molecule has 0 bridgehead atoms. The first-order valence-electron chi connectivity index (χ1n) is 10.8. The molecule has 1 saturated carbocycles. The standard InChI is InChI=1S/C23H33FN2O3/c1-22(2,3)29-21(28)26-14-23(15-26)9-6-18(13-23)25-10-7-16(8-11-25)19-5-4-17(24)12-20(19)27/h4-5,12,16,18,27H,6-11,13-15H2,1-3H3/t18-/m1/s1. The van der Waals surface area contributed by atoms with Gasteiger partial charge in [-0.3, -0.25) is 0 Å². The van der Waals surface area contributed by atoms with E-state index < -0.39 is 5.60 Å². The number of piperidine rings is 1. The summed E-state index contributed by atoms with van der Waals surface area (Å²) < 4.78 is 18.7. The van der Waals surface area contributed by atoms with Gasteiger partial charge in [0.15, 0.2) is 0 Å². The van der Waals surface area contributed by atoms with Crippen molar-refractivity contribution in [2.45, 2.75) is 70.4 Å². The molecule has 1 aliphatic carbocycles. The molecule has 1 spiro atoms. The van der Waals surface area contributed by atoms with Gasteiger partial charge in [0.05, 0.1) is 0 Å². The first-order valence-corrected chi connectivity index (χ1v) is 10.8. The molecule has 29 heavy (non-hydrogen) atoms. The minimum atomic E-state index is -0.443. The highest BCUT2D eigenvalue weighted by atomic mass is 19.1. The van der Waals surface area contributed by atoms with Crippen LogP contribution in [-0.2, 0) is 4.74 Å². The van der Waals surface area contributed by atoms with Gasteiger partial charge in [0, 0.05) is 30.6 Å². The number of carbonyl (C=O) groups excluding carboxylic acids is 1. The number of hydrogen-bond donors (Lipinski definition) is 1. The highest BCUT2D eigenvalue weighted by Crippen LogP contribution is 2.48. The van der Waals surface area contributed by atoms with E-state index in [2.05, 4.69) is 4.90 Å². The van der Waals surface area contributed by atoms with Crippen LogP contribution in [-0.4, -0.2) is 58.8 Å². The van der Waals surface area contributed by atoms with Crippen LogP contribution in [0.3, 0.4) is 0 Å². The Hall–Kier alpha value is -1.82. The number of ether oxygens (including phenoxy) is 1. The van der Waals surface area contributed by atoms with E-state index in [0.29, 0.717) is 12.0 Å². The second-order valence-electron chi connectivity index (χ2n) is 10.2. The minimum Gasteiger partial charge on any atom is -0.508 e. The van der Waals surface area contributed by atoms with E-state index in [1.54, 1.807) is 6.07 Å². The lowest BCUT2D eigenvalue weighted by Crippen LogP contribution is -2.58. The molecular weight excluding hydrogens is 371 g/mol. The number of benzene rings is 1. The largest absolute Gasteiger partial charge is 0.508 e. The van der Waals surface area contributed by atoms with Gasteiger partial charge in [-0.05, 0) is 83.5 Å². The molecule has 3 aliphatic rings. The normalized spacial score (nSPS) is 25.2. The van der Waals surface area contributed by atoms with Crippen LogP contribution >= 0.6 is 0 Å². The number of phenols is 1. The fraction of sp³-hybridized carbons (Fsp3) is 0.696. The fourth-order valence-corrected chi connectivity index (χ4v) is 5.43. The van der Waals surface area contributed by atoms with Crippen molar-refractivity contribution in [1.82, 2.24) is 9.80 Å². The van der Waals surface area contributed by atoms with Gasteiger partial charge in [-0.1, -0.05) is 6.07 Å². The van der Waals surface area contributed by atoms with Crippen LogP contribution in [0.25, 0.3) is 0 Å². The number of likely N-dealkylation sites (tertiary alicyclic amines) is 2. The molecule has 5 nitrogen and oxygen atoms in total. The maximum absolute atomic E-state index is 13.3. The molecule has 1 N–H and O–H groups in total. The Kier molecular flexibility index (Phi) is 5.26. The van der Waals surface area contributed by atoms with E-state index in [-0.39, 0.29) is 23.1 Å². The Morgan fingerprint density at radius 3 is 2.52 bits per heavy atom. The summed E-state index contributed by atoms with van der Waals surface area (Å²) in [5.41, 5.74) is 0.704. The molecule has 0 radical (unpaired) electrons. The third-order valence-corrected chi connectivity index (χ3v) is 6.86. The van der Waals surface area contributed by atoms with Crippen molar-refractivity contribution in [3.05, 3.63) is 29.6 Å². The summed E-state index contributed by atoms with van der Waals surface area (Å²) in [6, 6.07) is 4.97. The Balaban J connectivity index is 1.27. The zero-order valence-corrected chi connectivity index (χ0v) is 17.8. The highest BCUT2D eigenvalue weighted by molar-refractivity contribution is 5.69. The van der Waals surface area contributed by atoms with Crippen LogP contribution in [0.15, 0.2) is 18.2 Å². The Bertz CT molecular complexity index is 762. The van der Waals surface area contributed by atoms with Crippen molar-refractivity contribution in [2.75, 3.05) is 26.2 Å². The summed E-state index contributed by atoms with van der Waals surface area (Å²) >= 11 is 0. The topological polar surface area (TPSA) is 53.0 Å². The molecule has 6 heteroatoms. The van der Waals surface area contributed by atoms with E-state index in [0.717, 1.165) is 51.0 Å². The van der Waals surface area contributed by atoms with Crippen LogP contribution in [0.4, 0.5) is 9.18 Å². The number of amides is 1. The summed E-state index contributed by atoms with van der Waals surface area (Å²) in [6.45, 7) is 9.37. The first kappa shape index (κ1) is 20.5. The van der Waals surface area contributed by atoms with Gasteiger partial charge in [-0.25, -0.2) is 9.18 Å². The van der Waals surface area contributed by atoms with Gasteiger partial charge in [0.2, 0.25) is 0 Å². The van der Waals surface area contributed by atoms with Crippen LogP contribution in [0.1, 0.15) is 64.4 Å². The van der Waals surface area contributed by atoms with Crippen molar-refractivity contribution in [3.63, 3.8) is 0 Å². The zero-order chi connectivity index (χ0) is 20.8. The molecule has 2 saturated heterocycles. The first-order chi connectivity index (χ1) is 13.6. The van der Waals surface area contributed by atoms with E-state index in [1.807, 2.05) is 25.7 Å². The molecule has 1 aromatic carbocycles. The average Bonchev–Trinajstić information content (AvgIpc) is 3.05. The van der Waals surface area contributed by atoms with Crippen molar-refractivity contribution in [2.24, 2.45) is 5.41 Å². The molecule has 0 unspecified atom stereocenters. The van der Waals surface area contributed by atoms with Crippen LogP contribution in [0.2, 0.25) is 0 Å². The van der Waals surface area contributed by atoms with E-state index in [1.165, 1.54) is 25.0 Å². The summed E-state index contributed by atoms with van der Waals surface area (Å²) in [6.07, 6.45) is 5.31. The minimum absolute atomic E-state index is 0.0833. The predicted octanol–water partition coefficient (Wildman–Crippen LogP) is 4.50. The number of rotatable bonds is 2. The molecular formula is C23H33FN2O3. The second-order valence-corrected chi connectivity index (χ2v) is 10.2. The predicted molar refractivity (Wildman–Crippen MR) is 109 cm³/mol. The van der Waals surface area contributed by atoms with E-state index in [9.17, 15) is 14.3 Å². The number of hydrogen-bond acceptors (Lipinski definition) is 4. The van der Waals surface area contributed by atoms with Crippen molar-refractivity contribution >= 4 is 6.09 Å². The number of halogens is 1. The SMILES string of the molecule is CC(C)(C)OC(=O)N1CC2(CC[C@@H](N3CCC(c4ccc(F)cc4O)CC3)C2)C1. The summed E-state index contributed by atoms with van der Waals surface area (Å²) in [5.74, 6) is -0.00517. The van der Waals surface area contributed by atoms with Crippen molar-refractivity contribution in [1.29, 1.82) is 0 Å². The van der Waals surface area contributed by atoms with Gasteiger partial charge in [-0.15, -0.1) is 0 Å². The highest BCUT2D eigenvalue weighted by Gasteiger charge is 2.51. The third-order valence-electron chi connectivity index (χ3n) is 6.86. The van der Waals surface area contributed by atoms with Crippen LogP contribution in [0.5, 0.6) is 5.75 Å². The average molecular weight is 405 g/mol. The Morgan fingerprint density at radius 1 is 1.21 bits per heavy atom. The third kappa shape index (κ3) is 4.37. The molecule has 3 fully saturated rings. The lowest BCUT2D eigenvalue weighted by atomic mass is 9.78. The number of nitrogens with zero attached hydrogens (tertiary/aromatic N) is 2. The number of carbonyl (C=O) groups is 1. The number of aromatic hydroxyl groups is 1. The van der Waals surface area contributed by atoms with E-state index >= 15 is 0 Å².